The van der Waals surface area contributed by atoms with E-state index in [1.54, 1.807) is 7.11 Å². The van der Waals surface area contributed by atoms with Crippen molar-refractivity contribution < 1.29 is 24.1 Å². The van der Waals surface area contributed by atoms with Gasteiger partial charge in [0.25, 0.3) is 0 Å². The molecule has 3 atom stereocenters. The van der Waals surface area contributed by atoms with Crippen molar-refractivity contribution in [1.82, 2.24) is 0 Å². The normalized spacial score (nSPS) is 32.3. The van der Waals surface area contributed by atoms with E-state index in [9.17, 15) is 9.90 Å². The molecule has 0 radical (unpaired) electrons. The highest BCUT2D eigenvalue weighted by Gasteiger charge is 2.61. The first-order valence-corrected chi connectivity index (χ1v) is 7.72. The second kappa shape index (κ2) is 5.95. The van der Waals surface area contributed by atoms with E-state index in [4.69, 9.17) is 14.2 Å². The van der Waals surface area contributed by atoms with Crippen LogP contribution in [0.3, 0.4) is 0 Å². The average molecular weight is 310 g/mol. The SMILES string of the molecule is COC1=C(OC)C(O)(C2=C(OC)[C@H](C(C)C)CC[C@H]2C)C1=O. The Morgan fingerprint density at radius 2 is 1.77 bits per heavy atom. The largest absolute Gasteiger partial charge is 0.501 e. The smallest absolute Gasteiger partial charge is 0.244 e. The molecule has 0 bridgehead atoms. The highest BCUT2D eigenvalue weighted by molar-refractivity contribution is 6.12. The van der Waals surface area contributed by atoms with Gasteiger partial charge in [-0.2, -0.15) is 0 Å². The molecule has 0 aromatic carbocycles. The summed E-state index contributed by atoms with van der Waals surface area (Å²) < 4.78 is 15.9. The number of carbonyl (C=O) groups excluding carboxylic acids is 1. The van der Waals surface area contributed by atoms with Crippen molar-refractivity contribution in [3.05, 3.63) is 22.9 Å². The van der Waals surface area contributed by atoms with Crippen molar-refractivity contribution in [1.29, 1.82) is 0 Å². The summed E-state index contributed by atoms with van der Waals surface area (Å²) in [6, 6.07) is 0. The van der Waals surface area contributed by atoms with Crippen molar-refractivity contribution in [3.8, 4) is 0 Å². The Bertz CT molecular complexity index is 531. The third-order valence-corrected chi connectivity index (χ3v) is 4.90. The molecule has 0 amide bonds. The van der Waals surface area contributed by atoms with E-state index in [1.165, 1.54) is 14.2 Å². The lowest BCUT2D eigenvalue weighted by Gasteiger charge is -2.44. The highest BCUT2D eigenvalue weighted by Crippen LogP contribution is 2.50. The molecule has 0 heterocycles. The molecule has 0 saturated carbocycles. The summed E-state index contributed by atoms with van der Waals surface area (Å²) in [6.07, 6.45) is 1.89. The van der Waals surface area contributed by atoms with Gasteiger partial charge in [-0.1, -0.05) is 20.8 Å². The minimum absolute atomic E-state index is 0.0439. The summed E-state index contributed by atoms with van der Waals surface area (Å²) >= 11 is 0. The third-order valence-electron chi connectivity index (χ3n) is 4.90. The lowest BCUT2D eigenvalue weighted by Crippen LogP contribution is -2.56. The van der Waals surface area contributed by atoms with Gasteiger partial charge in [0.1, 0.15) is 5.76 Å². The molecule has 0 aliphatic heterocycles. The summed E-state index contributed by atoms with van der Waals surface area (Å²) in [4.78, 5) is 12.5. The van der Waals surface area contributed by atoms with Crippen LogP contribution in [0.5, 0.6) is 0 Å². The number of methoxy groups -OCH3 is 3. The molecule has 0 fully saturated rings. The van der Waals surface area contributed by atoms with E-state index in [2.05, 4.69) is 13.8 Å². The number of Topliss-reactive ketones (excluding diaryl/α,β-unsaturated/α-hetero) is 1. The van der Waals surface area contributed by atoms with Crippen molar-refractivity contribution in [3.63, 3.8) is 0 Å². The quantitative estimate of drug-likeness (QED) is 0.845. The van der Waals surface area contributed by atoms with Gasteiger partial charge < -0.3 is 19.3 Å². The van der Waals surface area contributed by atoms with Crippen molar-refractivity contribution in [2.45, 2.75) is 39.2 Å². The zero-order chi connectivity index (χ0) is 16.7. The lowest BCUT2D eigenvalue weighted by molar-refractivity contribution is -0.142. The predicted octanol–water partition coefficient (Wildman–Crippen LogP) is 2.41. The molecule has 124 valence electrons. The van der Waals surface area contributed by atoms with Crippen LogP contribution in [0.4, 0.5) is 0 Å². The third kappa shape index (κ3) is 2.14. The Morgan fingerprint density at radius 3 is 2.23 bits per heavy atom. The molecule has 22 heavy (non-hydrogen) atoms. The number of hydrogen-bond donors (Lipinski definition) is 1. The number of carbonyl (C=O) groups is 1. The van der Waals surface area contributed by atoms with Crippen LogP contribution in [0.15, 0.2) is 22.9 Å². The highest BCUT2D eigenvalue weighted by atomic mass is 16.5. The molecule has 0 aromatic heterocycles. The second-order valence-electron chi connectivity index (χ2n) is 6.42. The Kier molecular flexibility index (Phi) is 4.57. The van der Waals surface area contributed by atoms with Gasteiger partial charge in [-0.3, -0.25) is 4.79 Å². The van der Waals surface area contributed by atoms with Gasteiger partial charge in [0.05, 0.1) is 21.3 Å². The summed E-state index contributed by atoms with van der Waals surface area (Å²) in [5.74, 6) is 1.14. The zero-order valence-corrected chi connectivity index (χ0v) is 14.2. The Balaban J connectivity index is 2.61. The predicted molar refractivity (Wildman–Crippen MR) is 81.8 cm³/mol. The van der Waals surface area contributed by atoms with Crippen molar-refractivity contribution in [2.24, 2.45) is 17.8 Å². The van der Waals surface area contributed by atoms with Crippen LogP contribution in [-0.2, 0) is 19.0 Å². The first-order chi connectivity index (χ1) is 10.3. The van der Waals surface area contributed by atoms with Gasteiger partial charge in [0.2, 0.25) is 17.1 Å². The summed E-state index contributed by atoms with van der Waals surface area (Å²) in [5.41, 5.74) is -1.12. The first-order valence-electron chi connectivity index (χ1n) is 7.72. The van der Waals surface area contributed by atoms with E-state index < -0.39 is 11.4 Å². The number of allylic oxidation sites excluding steroid dienone is 1. The molecule has 1 N–H and O–H groups in total. The summed E-state index contributed by atoms with van der Waals surface area (Å²) in [5, 5.41) is 11.1. The molecule has 5 heteroatoms. The van der Waals surface area contributed by atoms with E-state index in [0.717, 1.165) is 12.8 Å². The topological polar surface area (TPSA) is 65.0 Å². The van der Waals surface area contributed by atoms with Crippen molar-refractivity contribution >= 4 is 5.78 Å². The molecule has 2 rings (SSSR count). The number of aliphatic hydroxyl groups is 1. The van der Waals surface area contributed by atoms with Crippen LogP contribution in [-0.4, -0.2) is 37.8 Å². The number of hydrogen-bond acceptors (Lipinski definition) is 5. The Labute approximate surface area is 131 Å². The number of ether oxygens (including phenoxy) is 3. The number of ketones is 1. The fraction of sp³-hybridized carbons (Fsp3) is 0.706. The van der Waals surface area contributed by atoms with Gasteiger partial charge in [0, 0.05) is 11.5 Å². The molecule has 2 aliphatic rings. The maximum absolute atomic E-state index is 12.5. The molecule has 0 spiro atoms. The Morgan fingerprint density at radius 1 is 1.14 bits per heavy atom. The molecular weight excluding hydrogens is 284 g/mol. The van der Waals surface area contributed by atoms with Crippen LogP contribution in [0.25, 0.3) is 0 Å². The fourth-order valence-electron chi connectivity index (χ4n) is 3.72. The minimum atomic E-state index is -1.75. The van der Waals surface area contributed by atoms with Gasteiger partial charge in [-0.25, -0.2) is 0 Å². The molecule has 1 unspecified atom stereocenters. The van der Waals surface area contributed by atoms with Gasteiger partial charge in [-0.15, -0.1) is 0 Å². The first kappa shape index (κ1) is 16.9. The summed E-state index contributed by atoms with van der Waals surface area (Å²) in [6.45, 7) is 6.25. The standard InChI is InChI=1S/C17H26O5/c1-9(2)11-8-7-10(3)12(13(11)20-4)17(19)15(18)14(21-5)16(17)22-6/h9-11,19H,7-8H2,1-6H3/t10-,11+,17?/m1/s1. The maximum Gasteiger partial charge on any atom is 0.244 e. The number of rotatable bonds is 5. The van der Waals surface area contributed by atoms with E-state index in [0.29, 0.717) is 17.3 Å². The minimum Gasteiger partial charge on any atom is -0.501 e. The lowest BCUT2D eigenvalue weighted by atomic mass is 9.66. The van der Waals surface area contributed by atoms with Crippen molar-refractivity contribution in [2.75, 3.05) is 21.3 Å². The maximum atomic E-state index is 12.5. The van der Waals surface area contributed by atoms with Gasteiger partial charge in [0.15, 0.2) is 5.76 Å². The van der Waals surface area contributed by atoms with Crippen LogP contribution >= 0.6 is 0 Å². The fourth-order valence-corrected chi connectivity index (χ4v) is 3.72. The molecule has 5 nitrogen and oxygen atoms in total. The summed E-state index contributed by atoms with van der Waals surface area (Å²) in [7, 11) is 4.44. The van der Waals surface area contributed by atoms with Crippen LogP contribution < -0.4 is 0 Å². The van der Waals surface area contributed by atoms with E-state index in [-0.39, 0.29) is 23.4 Å². The van der Waals surface area contributed by atoms with E-state index >= 15 is 0 Å². The Hall–Kier alpha value is -1.49. The van der Waals surface area contributed by atoms with Crippen LogP contribution in [0.2, 0.25) is 0 Å². The van der Waals surface area contributed by atoms with E-state index in [1.807, 2.05) is 6.92 Å². The molecular formula is C17H26O5. The van der Waals surface area contributed by atoms with Crippen LogP contribution in [0, 0.1) is 17.8 Å². The molecule has 0 aromatic rings. The monoisotopic (exact) mass is 310 g/mol. The molecule has 2 aliphatic carbocycles. The van der Waals surface area contributed by atoms with Gasteiger partial charge in [-0.05, 0) is 24.7 Å². The molecule has 0 saturated heterocycles. The van der Waals surface area contributed by atoms with Gasteiger partial charge >= 0.3 is 0 Å². The van der Waals surface area contributed by atoms with Crippen LogP contribution in [0.1, 0.15) is 33.6 Å². The zero-order valence-electron chi connectivity index (χ0n) is 14.2. The second-order valence-corrected chi connectivity index (χ2v) is 6.42. The average Bonchev–Trinajstić information content (AvgIpc) is 2.49.